The number of para-hydroxylation sites is 2. The van der Waals surface area contributed by atoms with E-state index in [1.165, 1.54) is 6.07 Å². The number of aromatic amines is 1. The van der Waals surface area contributed by atoms with Gasteiger partial charge in [-0.15, -0.1) is 0 Å². The van der Waals surface area contributed by atoms with Gasteiger partial charge in [0.15, 0.2) is 11.5 Å². The summed E-state index contributed by atoms with van der Waals surface area (Å²) in [6.45, 7) is 0.890. The van der Waals surface area contributed by atoms with Crippen molar-refractivity contribution in [3.05, 3.63) is 58.5 Å². The number of hydrogen-bond donors (Lipinski definition) is 2. The molecule has 1 aliphatic rings. The summed E-state index contributed by atoms with van der Waals surface area (Å²) in [5, 5.41) is 2.75. The Morgan fingerprint density at radius 3 is 2.82 bits per heavy atom. The molecule has 0 unspecified atom stereocenters. The highest BCUT2D eigenvalue weighted by atomic mass is 16.6. The molecule has 0 aliphatic carbocycles. The molecule has 0 spiro atoms. The number of benzene rings is 1. The molecule has 6 nitrogen and oxygen atoms in total. The Bertz CT molecular complexity index is 726. The molecule has 1 atom stereocenters. The monoisotopic (exact) mass is 300 g/mol. The minimum Gasteiger partial charge on any atom is -0.486 e. The summed E-state index contributed by atoms with van der Waals surface area (Å²) in [4.78, 5) is 25.5. The quantitative estimate of drug-likeness (QED) is 0.893. The summed E-state index contributed by atoms with van der Waals surface area (Å²) in [7, 11) is 0. The van der Waals surface area contributed by atoms with Crippen LogP contribution in [-0.4, -0.2) is 30.1 Å². The maximum atomic E-state index is 11.9. The van der Waals surface area contributed by atoms with Gasteiger partial charge < -0.3 is 19.8 Å². The number of ether oxygens (including phenoxy) is 2. The zero-order valence-electron chi connectivity index (χ0n) is 11.9. The predicted molar refractivity (Wildman–Crippen MR) is 80.4 cm³/mol. The molecular formula is C16H16N2O4. The van der Waals surface area contributed by atoms with Gasteiger partial charge in [0.2, 0.25) is 5.56 Å². The van der Waals surface area contributed by atoms with E-state index in [1.807, 2.05) is 24.3 Å². The highest BCUT2D eigenvalue weighted by Gasteiger charge is 2.20. The molecular weight excluding hydrogens is 284 g/mol. The first-order valence-corrected chi connectivity index (χ1v) is 7.08. The topological polar surface area (TPSA) is 80.4 Å². The lowest BCUT2D eigenvalue weighted by atomic mass is 10.2. The van der Waals surface area contributed by atoms with Gasteiger partial charge in [-0.2, -0.15) is 0 Å². The van der Waals surface area contributed by atoms with Crippen LogP contribution in [0.15, 0.2) is 47.3 Å². The smallest absolute Gasteiger partial charge is 0.267 e. The van der Waals surface area contributed by atoms with Gasteiger partial charge >= 0.3 is 0 Å². The third-order valence-electron chi connectivity index (χ3n) is 3.33. The molecule has 0 fully saturated rings. The maximum absolute atomic E-state index is 11.9. The van der Waals surface area contributed by atoms with Gasteiger partial charge in [-0.25, -0.2) is 0 Å². The lowest BCUT2D eigenvalue weighted by Crippen LogP contribution is -2.34. The normalized spacial score (nSPS) is 16.1. The minimum atomic E-state index is -0.310. The lowest BCUT2D eigenvalue weighted by Gasteiger charge is -2.26. The van der Waals surface area contributed by atoms with E-state index in [4.69, 9.17) is 9.47 Å². The largest absolute Gasteiger partial charge is 0.486 e. The van der Waals surface area contributed by atoms with Crippen LogP contribution in [0.1, 0.15) is 16.9 Å². The molecule has 6 heteroatoms. The Morgan fingerprint density at radius 1 is 1.18 bits per heavy atom. The average molecular weight is 300 g/mol. The Hall–Kier alpha value is -2.76. The number of nitrogens with one attached hydrogen (secondary N) is 2. The van der Waals surface area contributed by atoms with Gasteiger partial charge in [-0.1, -0.05) is 18.2 Å². The first-order valence-electron chi connectivity index (χ1n) is 7.08. The second-order valence-corrected chi connectivity index (χ2v) is 4.97. The van der Waals surface area contributed by atoms with Crippen LogP contribution < -0.4 is 20.3 Å². The van der Waals surface area contributed by atoms with Gasteiger partial charge in [0, 0.05) is 19.0 Å². The summed E-state index contributed by atoms with van der Waals surface area (Å²) in [5.74, 6) is 1.15. The van der Waals surface area contributed by atoms with Crippen molar-refractivity contribution in [3.8, 4) is 11.5 Å². The standard InChI is InChI=1S/C16H16N2O4/c19-15-7-3-4-12(18-15)16(20)17-9-8-11-10-21-13-5-1-2-6-14(13)22-11/h1-7,11H,8-10H2,(H,17,20)(H,18,19)/t11-/m0/s1. The van der Waals surface area contributed by atoms with Crippen LogP contribution in [0.5, 0.6) is 11.5 Å². The zero-order chi connectivity index (χ0) is 15.4. The van der Waals surface area contributed by atoms with Crippen molar-refractivity contribution in [2.75, 3.05) is 13.2 Å². The summed E-state index contributed by atoms with van der Waals surface area (Å²) in [5.41, 5.74) is -0.0491. The van der Waals surface area contributed by atoms with Crippen molar-refractivity contribution in [1.29, 1.82) is 0 Å². The predicted octanol–water partition coefficient (Wildman–Crippen LogP) is 1.33. The summed E-state index contributed by atoms with van der Waals surface area (Å²) >= 11 is 0. The number of fused-ring (bicyclic) bond motifs is 1. The molecule has 3 rings (SSSR count). The van der Waals surface area contributed by atoms with Crippen LogP contribution in [0.25, 0.3) is 0 Å². The van der Waals surface area contributed by atoms with E-state index >= 15 is 0 Å². The molecule has 114 valence electrons. The summed E-state index contributed by atoms with van der Waals surface area (Å²) in [6, 6.07) is 12.0. The first-order chi connectivity index (χ1) is 10.7. The molecule has 1 amide bonds. The third-order valence-corrected chi connectivity index (χ3v) is 3.33. The Kier molecular flexibility index (Phi) is 4.09. The van der Waals surface area contributed by atoms with Crippen molar-refractivity contribution in [3.63, 3.8) is 0 Å². The molecule has 2 N–H and O–H groups in total. The van der Waals surface area contributed by atoms with Crippen LogP contribution in [-0.2, 0) is 0 Å². The molecule has 1 aromatic carbocycles. The molecule has 22 heavy (non-hydrogen) atoms. The van der Waals surface area contributed by atoms with E-state index in [0.29, 0.717) is 19.6 Å². The van der Waals surface area contributed by atoms with Gasteiger partial charge in [-0.05, 0) is 18.2 Å². The Balaban J connectivity index is 1.50. The van der Waals surface area contributed by atoms with Crippen LogP contribution >= 0.6 is 0 Å². The Labute approximate surface area is 127 Å². The zero-order valence-corrected chi connectivity index (χ0v) is 11.9. The third kappa shape index (κ3) is 3.28. The van der Waals surface area contributed by atoms with Crippen molar-refractivity contribution < 1.29 is 14.3 Å². The van der Waals surface area contributed by atoms with E-state index in [-0.39, 0.29) is 23.3 Å². The molecule has 2 heterocycles. The molecule has 1 aliphatic heterocycles. The van der Waals surface area contributed by atoms with Crippen molar-refractivity contribution in [1.82, 2.24) is 10.3 Å². The van der Waals surface area contributed by atoms with E-state index in [0.717, 1.165) is 11.5 Å². The number of hydrogen-bond acceptors (Lipinski definition) is 4. The lowest BCUT2D eigenvalue weighted by molar-refractivity contribution is 0.0811. The number of H-pyrrole nitrogens is 1. The van der Waals surface area contributed by atoms with Crippen LogP contribution in [0, 0.1) is 0 Å². The van der Waals surface area contributed by atoms with E-state index < -0.39 is 0 Å². The fourth-order valence-electron chi connectivity index (χ4n) is 2.23. The second kappa shape index (κ2) is 6.34. The molecule has 2 aromatic rings. The molecule has 0 radical (unpaired) electrons. The average Bonchev–Trinajstić information content (AvgIpc) is 2.54. The summed E-state index contributed by atoms with van der Waals surface area (Å²) in [6.07, 6.45) is 0.516. The highest BCUT2D eigenvalue weighted by molar-refractivity contribution is 5.92. The van der Waals surface area contributed by atoms with Crippen molar-refractivity contribution in [2.45, 2.75) is 12.5 Å². The summed E-state index contributed by atoms with van der Waals surface area (Å²) < 4.78 is 11.4. The molecule has 0 saturated carbocycles. The van der Waals surface area contributed by atoms with Crippen LogP contribution in [0.3, 0.4) is 0 Å². The molecule has 0 bridgehead atoms. The van der Waals surface area contributed by atoms with E-state index in [2.05, 4.69) is 10.3 Å². The molecule has 0 saturated heterocycles. The maximum Gasteiger partial charge on any atom is 0.267 e. The number of carbonyl (C=O) groups is 1. The number of pyridine rings is 1. The van der Waals surface area contributed by atoms with Crippen molar-refractivity contribution in [2.24, 2.45) is 0 Å². The minimum absolute atomic E-state index is 0.106. The highest BCUT2D eigenvalue weighted by Crippen LogP contribution is 2.31. The fourth-order valence-corrected chi connectivity index (χ4v) is 2.23. The van der Waals surface area contributed by atoms with E-state index in [1.54, 1.807) is 12.1 Å². The number of rotatable bonds is 4. The molecule has 1 aromatic heterocycles. The SMILES string of the molecule is O=C(NCC[C@H]1COc2ccccc2O1)c1cccc(=O)[nH]1. The van der Waals surface area contributed by atoms with Gasteiger partial charge in [0.1, 0.15) is 18.4 Å². The number of amides is 1. The fraction of sp³-hybridized carbons (Fsp3) is 0.250. The Morgan fingerprint density at radius 2 is 2.00 bits per heavy atom. The second-order valence-electron chi connectivity index (χ2n) is 4.97. The van der Waals surface area contributed by atoms with Gasteiger partial charge in [-0.3, -0.25) is 9.59 Å². The van der Waals surface area contributed by atoms with Gasteiger partial charge in [0.05, 0.1) is 0 Å². The van der Waals surface area contributed by atoms with Crippen LogP contribution in [0.2, 0.25) is 0 Å². The number of carbonyl (C=O) groups excluding carboxylic acids is 1. The number of aromatic nitrogens is 1. The van der Waals surface area contributed by atoms with Crippen molar-refractivity contribution >= 4 is 5.91 Å². The first kappa shape index (κ1) is 14.2. The van der Waals surface area contributed by atoms with E-state index in [9.17, 15) is 9.59 Å². The van der Waals surface area contributed by atoms with Gasteiger partial charge in [0.25, 0.3) is 5.91 Å². The van der Waals surface area contributed by atoms with Crippen LogP contribution in [0.4, 0.5) is 0 Å².